The van der Waals surface area contributed by atoms with Crippen molar-refractivity contribution in [1.82, 2.24) is 5.32 Å². The van der Waals surface area contributed by atoms with Gasteiger partial charge in [0.2, 0.25) is 0 Å². The van der Waals surface area contributed by atoms with Crippen LogP contribution in [0.1, 0.15) is 36.0 Å². The van der Waals surface area contributed by atoms with Crippen molar-refractivity contribution in [3.8, 4) is 0 Å². The van der Waals surface area contributed by atoms with Gasteiger partial charge in [0.05, 0.1) is 4.90 Å². The van der Waals surface area contributed by atoms with Crippen LogP contribution in [-0.2, 0) is 9.05 Å². The first-order chi connectivity index (χ1) is 9.80. The molecule has 0 unspecified atom stereocenters. The maximum Gasteiger partial charge on any atom is 0.261 e. The summed E-state index contributed by atoms with van der Waals surface area (Å²) in [5, 5.41) is 2.79. The number of benzene rings is 1. The highest BCUT2D eigenvalue weighted by Crippen LogP contribution is 2.60. The number of hydrogen-bond acceptors (Lipinski definition) is 3. The zero-order valence-corrected chi connectivity index (χ0v) is 12.8. The summed E-state index contributed by atoms with van der Waals surface area (Å²) < 4.78 is 35.9. The first kappa shape index (κ1) is 14.8. The number of nitrogens with one attached hydrogen (secondary N) is 1. The number of hydrogen-bond donors (Lipinski definition) is 1. The van der Waals surface area contributed by atoms with Gasteiger partial charge in [0.15, 0.2) is 0 Å². The third-order valence-electron chi connectivity index (χ3n) is 4.35. The van der Waals surface area contributed by atoms with Gasteiger partial charge in [-0.2, -0.15) is 0 Å². The Morgan fingerprint density at radius 1 is 1.33 bits per heavy atom. The summed E-state index contributed by atoms with van der Waals surface area (Å²) in [5.74, 6) is -0.572. The summed E-state index contributed by atoms with van der Waals surface area (Å²) in [6, 6.07) is 2.90. The van der Waals surface area contributed by atoms with E-state index in [1.54, 1.807) is 0 Å². The smallest absolute Gasteiger partial charge is 0.261 e. The third-order valence-corrected chi connectivity index (χ3v) is 5.68. The Labute approximate surface area is 127 Å². The van der Waals surface area contributed by atoms with Crippen LogP contribution in [0.5, 0.6) is 0 Å². The van der Waals surface area contributed by atoms with E-state index >= 15 is 0 Å². The van der Waals surface area contributed by atoms with Crippen LogP contribution in [0.2, 0.25) is 0 Å². The molecule has 0 saturated heterocycles. The van der Waals surface area contributed by atoms with Crippen molar-refractivity contribution in [2.75, 3.05) is 6.54 Å². The zero-order chi connectivity index (χ0) is 15.3. The molecule has 0 atom stereocenters. The van der Waals surface area contributed by atoms with Gasteiger partial charge in [-0.05, 0) is 55.2 Å². The Kier molecular flexibility index (Phi) is 3.48. The van der Waals surface area contributed by atoms with Crippen LogP contribution in [-0.4, -0.2) is 20.9 Å². The Hall–Kier alpha value is -1.14. The molecule has 21 heavy (non-hydrogen) atoms. The van der Waals surface area contributed by atoms with E-state index in [0.717, 1.165) is 31.0 Å². The standard InChI is InChI=1S/C14H15ClFNO3S/c15-21(19,20)12-6-9(5-11(16)7-12)13(18)17-8-14(3-4-14)10-1-2-10/h5-7,10H,1-4,8H2,(H,17,18). The lowest BCUT2D eigenvalue weighted by molar-refractivity contribution is 0.0942. The largest absolute Gasteiger partial charge is 0.351 e. The molecule has 0 heterocycles. The average molecular weight is 332 g/mol. The minimum atomic E-state index is -4.06. The third kappa shape index (κ3) is 3.21. The molecule has 0 aromatic heterocycles. The van der Waals surface area contributed by atoms with Gasteiger partial charge in [0.25, 0.3) is 15.0 Å². The maximum atomic E-state index is 13.4. The first-order valence-corrected chi connectivity index (χ1v) is 9.15. The van der Waals surface area contributed by atoms with Gasteiger partial charge >= 0.3 is 0 Å². The highest BCUT2D eigenvalue weighted by Gasteiger charge is 2.53. The highest BCUT2D eigenvalue weighted by atomic mass is 35.7. The summed E-state index contributed by atoms with van der Waals surface area (Å²) in [4.78, 5) is 11.7. The lowest BCUT2D eigenvalue weighted by Gasteiger charge is -2.15. The molecule has 0 radical (unpaired) electrons. The molecular formula is C14H15ClFNO3S. The second-order valence-electron chi connectivity index (χ2n) is 5.93. The summed E-state index contributed by atoms with van der Waals surface area (Å²) >= 11 is 0. The van der Waals surface area contributed by atoms with Crippen LogP contribution >= 0.6 is 10.7 Å². The second kappa shape index (κ2) is 4.95. The molecule has 1 aromatic rings. The molecule has 4 nitrogen and oxygen atoms in total. The number of carbonyl (C=O) groups excluding carboxylic acids is 1. The fraction of sp³-hybridized carbons (Fsp3) is 0.500. The average Bonchev–Trinajstić information content (AvgIpc) is 3.25. The molecule has 2 aliphatic rings. The van der Waals surface area contributed by atoms with Crippen molar-refractivity contribution in [2.24, 2.45) is 11.3 Å². The Bertz CT molecular complexity index is 696. The van der Waals surface area contributed by atoms with E-state index in [1.807, 2.05) is 0 Å². The maximum absolute atomic E-state index is 13.4. The second-order valence-corrected chi connectivity index (χ2v) is 8.50. The molecule has 0 aliphatic heterocycles. The molecule has 7 heteroatoms. The van der Waals surface area contributed by atoms with Gasteiger partial charge in [-0.25, -0.2) is 12.8 Å². The van der Waals surface area contributed by atoms with E-state index in [0.29, 0.717) is 12.5 Å². The van der Waals surface area contributed by atoms with Gasteiger partial charge in [0.1, 0.15) is 5.82 Å². The van der Waals surface area contributed by atoms with Crippen LogP contribution in [0.25, 0.3) is 0 Å². The normalized spacial score (nSPS) is 20.1. The molecule has 3 rings (SSSR count). The lowest BCUT2D eigenvalue weighted by atomic mass is 10.0. The van der Waals surface area contributed by atoms with Gasteiger partial charge < -0.3 is 5.32 Å². The molecule has 0 spiro atoms. The van der Waals surface area contributed by atoms with Crippen molar-refractivity contribution in [3.05, 3.63) is 29.6 Å². The van der Waals surface area contributed by atoms with E-state index in [1.165, 1.54) is 12.8 Å². The van der Waals surface area contributed by atoms with Crippen LogP contribution in [0.15, 0.2) is 23.1 Å². The molecule has 2 saturated carbocycles. The molecule has 1 N–H and O–H groups in total. The monoisotopic (exact) mass is 331 g/mol. The predicted octanol–water partition coefficient (Wildman–Crippen LogP) is 2.67. The molecule has 2 aliphatic carbocycles. The van der Waals surface area contributed by atoms with E-state index in [-0.39, 0.29) is 11.0 Å². The Balaban J connectivity index is 1.73. The fourth-order valence-electron chi connectivity index (χ4n) is 2.78. The van der Waals surface area contributed by atoms with Crippen LogP contribution in [0, 0.1) is 17.2 Å². The van der Waals surface area contributed by atoms with E-state index < -0.39 is 25.7 Å². The molecule has 2 fully saturated rings. The van der Waals surface area contributed by atoms with Crippen molar-refractivity contribution >= 4 is 25.6 Å². The van der Waals surface area contributed by atoms with Crippen molar-refractivity contribution in [2.45, 2.75) is 30.6 Å². The summed E-state index contributed by atoms with van der Waals surface area (Å²) in [6.07, 6.45) is 4.65. The van der Waals surface area contributed by atoms with Crippen LogP contribution in [0.3, 0.4) is 0 Å². The molecule has 1 amide bonds. The predicted molar refractivity (Wildman–Crippen MR) is 76.2 cm³/mol. The SMILES string of the molecule is O=C(NCC1(C2CC2)CC1)c1cc(F)cc(S(=O)(=O)Cl)c1. The topological polar surface area (TPSA) is 63.2 Å². The quantitative estimate of drug-likeness (QED) is 0.844. The van der Waals surface area contributed by atoms with E-state index in [4.69, 9.17) is 10.7 Å². The summed E-state index contributed by atoms with van der Waals surface area (Å²) in [6.45, 7) is 0.565. The number of halogens is 2. The van der Waals surface area contributed by atoms with Gasteiger partial charge in [-0.15, -0.1) is 0 Å². The molecule has 1 aromatic carbocycles. The van der Waals surface area contributed by atoms with Crippen LogP contribution in [0.4, 0.5) is 4.39 Å². The summed E-state index contributed by atoms with van der Waals surface area (Å²) in [5.41, 5.74) is 0.200. The summed E-state index contributed by atoms with van der Waals surface area (Å²) in [7, 11) is 1.13. The van der Waals surface area contributed by atoms with Crippen molar-refractivity contribution in [1.29, 1.82) is 0 Å². The number of amides is 1. The first-order valence-electron chi connectivity index (χ1n) is 6.84. The number of rotatable bonds is 5. The van der Waals surface area contributed by atoms with Crippen molar-refractivity contribution in [3.63, 3.8) is 0 Å². The van der Waals surface area contributed by atoms with Gasteiger partial charge in [0, 0.05) is 22.8 Å². The Morgan fingerprint density at radius 2 is 2.00 bits per heavy atom. The lowest BCUT2D eigenvalue weighted by Crippen LogP contribution is -2.31. The highest BCUT2D eigenvalue weighted by molar-refractivity contribution is 8.13. The van der Waals surface area contributed by atoms with Crippen molar-refractivity contribution < 1.29 is 17.6 Å². The van der Waals surface area contributed by atoms with Gasteiger partial charge in [-0.1, -0.05) is 0 Å². The molecule has 0 bridgehead atoms. The van der Waals surface area contributed by atoms with E-state index in [9.17, 15) is 17.6 Å². The van der Waals surface area contributed by atoms with Crippen LogP contribution < -0.4 is 5.32 Å². The fourth-order valence-corrected chi connectivity index (χ4v) is 3.57. The zero-order valence-electron chi connectivity index (χ0n) is 11.2. The van der Waals surface area contributed by atoms with E-state index in [2.05, 4.69) is 5.32 Å². The van der Waals surface area contributed by atoms with Gasteiger partial charge in [-0.3, -0.25) is 4.79 Å². The Morgan fingerprint density at radius 3 is 2.52 bits per heavy atom. The molecule has 114 valence electrons. The number of carbonyl (C=O) groups is 1. The minimum absolute atomic E-state index is 0.0270. The minimum Gasteiger partial charge on any atom is -0.351 e. The molecular weight excluding hydrogens is 317 g/mol.